The fourth-order valence-corrected chi connectivity index (χ4v) is 2.60. The number of nitrogens with zero attached hydrogens (tertiary/aromatic N) is 1. The fraction of sp³-hybridized carbons (Fsp3) is 0.308. The molecule has 0 fully saturated rings. The standard InChI is InChI=1S/C13H15FN2O4S/c1-8(2)19-12-5-4-10(7-11(12)14)21(17,18)16-13-6-9(3)20-15-13/h4-8H,1-3H3,(H,15,16). The van der Waals surface area contributed by atoms with Crippen molar-refractivity contribution < 1.29 is 22.1 Å². The molecule has 8 heteroatoms. The SMILES string of the molecule is Cc1cc(NS(=O)(=O)c2ccc(OC(C)C)c(F)c2)no1. The zero-order chi connectivity index (χ0) is 15.6. The van der Waals surface area contributed by atoms with Gasteiger partial charge in [0.2, 0.25) is 0 Å². The van der Waals surface area contributed by atoms with Crippen LogP contribution in [-0.2, 0) is 10.0 Å². The van der Waals surface area contributed by atoms with Gasteiger partial charge in [0.25, 0.3) is 10.0 Å². The summed E-state index contributed by atoms with van der Waals surface area (Å²) in [5, 5.41) is 3.52. The number of nitrogens with one attached hydrogen (secondary N) is 1. The number of halogens is 1. The van der Waals surface area contributed by atoms with Gasteiger partial charge in [-0.1, -0.05) is 5.16 Å². The summed E-state index contributed by atoms with van der Waals surface area (Å²) >= 11 is 0. The smallest absolute Gasteiger partial charge is 0.263 e. The molecule has 1 aromatic carbocycles. The van der Waals surface area contributed by atoms with Gasteiger partial charge in [-0.2, -0.15) is 0 Å². The van der Waals surface area contributed by atoms with Gasteiger partial charge in [0, 0.05) is 6.07 Å². The molecule has 1 heterocycles. The molecule has 0 saturated carbocycles. The third-order valence-corrected chi connectivity index (χ3v) is 3.80. The summed E-state index contributed by atoms with van der Waals surface area (Å²) in [6.07, 6.45) is -0.210. The molecule has 0 spiro atoms. The molecule has 2 rings (SSSR count). The molecule has 0 unspecified atom stereocenters. The van der Waals surface area contributed by atoms with Gasteiger partial charge in [0.15, 0.2) is 17.4 Å². The van der Waals surface area contributed by atoms with Crippen molar-refractivity contribution in [3.8, 4) is 5.75 Å². The summed E-state index contributed by atoms with van der Waals surface area (Å²) in [6, 6.07) is 4.85. The van der Waals surface area contributed by atoms with Crippen molar-refractivity contribution in [1.29, 1.82) is 0 Å². The highest BCUT2D eigenvalue weighted by Gasteiger charge is 2.18. The zero-order valence-corrected chi connectivity index (χ0v) is 12.6. The lowest BCUT2D eigenvalue weighted by molar-refractivity contribution is 0.231. The first-order chi connectivity index (χ1) is 9.78. The van der Waals surface area contributed by atoms with Crippen LogP contribution in [0.4, 0.5) is 10.2 Å². The van der Waals surface area contributed by atoms with Crippen molar-refractivity contribution in [3.05, 3.63) is 35.8 Å². The molecule has 6 nitrogen and oxygen atoms in total. The molecule has 1 aromatic heterocycles. The molecule has 2 aromatic rings. The molecular weight excluding hydrogens is 299 g/mol. The molecule has 0 radical (unpaired) electrons. The van der Waals surface area contributed by atoms with Crippen LogP contribution in [0, 0.1) is 12.7 Å². The van der Waals surface area contributed by atoms with E-state index in [4.69, 9.17) is 9.26 Å². The third-order valence-electron chi connectivity index (χ3n) is 2.44. The van der Waals surface area contributed by atoms with Gasteiger partial charge in [0.05, 0.1) is 11.0 Å². The maximum atomic E-state index is 13.8. The Labute approximate surface area is 122 Å². The molecule has 0 amide bonds. The van der Waals surface area contributed by atoms with Crippen LogP contribution < -0.4 is 9.46 Å². The highest BCUT2D eigenvalue weighted by molar-refractivity contribution is 7.92. The topological polar surface area (TPSA) is 81.4 Å². The first kappa shape index (κ1) is 15.3. The Morgan fingerprint density at radius 2 is 2.05 bits per heavy atom. The van der Waals surface area contributed by atoms with Crippen LogP contribution in [-0.4, -0.2) is 19.7 Å². The Morgan fingerprint density at radius 3 is 2.57 bits per heavy atom. The second kappa shape index (κ2) is 5.72. The van der Waals surface area contributed by atoms with Crippen LogP contribution in [0.25, 0.3) is 0 Å². The Hall–Kier alpha value is -2.09. The maximum absolute atomic E-state index is 13.8. The average molecular weight is 314 g/mol. The van der Waals surface area contributed by atoms with Crippen molar-refractivity contribution in [2.24, 2.45) is 0 Å². The largest absolute Gasteiger partial charge is 0.488 e. The number of rotatable bonds is 5. The Morgan fingerprint density at radius 1 is 1.33 bits per heavy atom. The first-order valence-electron chi connectivity index (χ1n) is 6.20. The van der Waals surface area contributed by atoms with Crippen molar-refractivity contribution >= 4 is 15.8 Å². The van der Waals surface area contributed by atoms with Gasteiger partial charge in [0.1, 0.15) is 5.76 Å². The number of benzene rings is 1. The molecule has 0 aliphatic rings. The molecule has 0 aliphatic heterocycles. The fourth-order valence-electron chi connectivity index (χ4n) is 1.61. The minimum atomic E-state index is -3.94. The molecule has 0 aliphatic carbocycles. The lowest BCUT2D eigenvalue weighted by Gasteiger charge is -2.11. The van der Waals surface area contributed by atoms with E-state index < -0.39 is 15.8 Å². The van der Waals surface area contributed by atoms with E-state index in [9.17, 15) is 12.8 Å². The average Bonchev–Trinajstić information content (AvgIpc) is 2.76. The molecule has 114 valence electrons. The number of aromatic nitrogens is 1. The normalized spacial score (nSPS) is 11.7. The Kier molecular flexibility index (Phi) is 4.17. The lowest BCUT2D eigenvalue weighted by Crippen LogP contribution is -2.14. The monoisotopic (exact) mass is 314 g/mol. The predicted octanol–water partition coefficient (Wildman–Crippen LogP) is 2.71. The predicted molar refractivity (Wildman–Crippen MR) is 74.2 cm³/mol. The van der Waals surface area contributed by atoms with Gasteiger partial charge in [-0.05, 0) is 39.0 Å². The van der Waals surface area contributed by atoms with E-state index >= 15 is 0 Å². The van der Waals surface area contributed by atoms with Crippen LogP contribution >= 0.6 is 0 Å². The second-order valence-corrected chi connectivity index (χ2v) is 6.37. The maximum Gasteiger partial charge on any atom is 0.263 e. The highest BCUT2D eigenvalue weighted by atomic mass is 32.2. The van der Waals surface area contributed by atoms with E-state index in [0.717, 1.165) is 6.07 Å². The van der Waals surface area contributed by atoms with Crippen LogP contribution in [0.2, 0.25) is 0 Å². The number of sulfonamides is 1. The van der Waals surface area contributed by atoms with Crippen molar-refractivity contribution in [2.75, 3.05) is 4.72 Å². The van der Waals surface area contributed by atoms with Crippen LogP contribution in [0.5, 0.6) is 5.75 Å². The number of ether oxygens (including phenoxy) is 1. The minimum absolute atomic E-state index is 0.00114. The number of hydrogen-bond donors (Lipinski definition) is 1. The summed E-state index contributed by atoms with van der Waals surface area (Å²) in [7, 11) is -3.94. The number of aryl methyl sites for hydroxylation is 1. The molecular formula is C13H15FN2O4S. The minimum Gasteiger partial charge on any atom is -0.488 e. The van der Waals surface area contributed by atoms with E-state index in [1.54, 1.807) is 20.8 Å². The highest BCUT2D eigenvalue weighted by Crippen LogP contribution is 2.23. The molecule has 0 saturated heterocycles. The van der Waals surface area contributed by atoms with Gasteiger partial charge < -0.3 is 9.26 Å². The number of anilines is 1. The Bertz CT molecular complexity index is 740. The third kappa shape index (κ3) is 3.72. The molecule has 0 atom stereocenters. The van der Waals surface area contributed by atoms with E-state index in [-0.39, 0.29) is 22.6 Å². The van der Waals surface area contributed by atoms with Crippen LogP contribution in [0.3, 0.4) is 0 Å². The van der Waals surface area contributed by atoms with E-state index in [1.807, 2.05) is 0 Å². The van der Waals surface area contributed by atoms with Gasteiger partial charge in [-0.25, -0.2) is 12.8 Å². The van der Waals surface area contributed by atoms with Crippen molar-refractivity contribution in [2.45, 2.75) is 31.8 Å². The Balaban J connectivity index is 2.26. The summed E-state index contributed by atoms with van der Waals surface area (Å²) in [5.74, 6) is -0.251. The van der Waals surface area contributed by atoms with E-state index in [1.165, 1.54) is 18.2 Å². The van der Waals surface area contributed by atoms with E-state index in [0.29, 0.717) is 5.76 Å². The second-order valence-electron chi connectivity index (χ2n) is 4.69. The van der Waals surface area contributed by atoms with Gasteiger partial charge >= 0.3 is 0 Å². The summed E-state index contributed by atoms with van der Waals surface area (Å²) < 4.78 is 50.2. The lowest BCUT2D eigenvalue weighted by atomic mass is 10.3. The summed E-state index contributed by atoms with van der Waals surface area (Å²) in [5.41, 5.74) is 0. The van der Waals surface area contributed by atoms with Gasteiger partial charge in [-0.3, -0.25) is 4.72 Å². The van der Waals surface area contributed by atoms with Crippen molar-refractivity contribution in [1.82, 2.24) is 5.16 Å². The quantitative estimate of drug-likeness (QED) is 0.917. The molecule has 0 bridgehead atoms. The molecule has 21 heavy (non-hydrogen) atoms. The summed E-state index contributed by atoms with van der Waals surface area (Å²) in [4.78, 5) is -0.225. The summed E-state index contributed by atoms with van der Waals surface area (Å²) in [6.45, 7) is 5.12. The molecule has 1 N–H and O–H groups in total. The number of hydrogen-bond acceptors (Lipinski definition) is 5. The van der Waals surface area contributed by atoms with E-state index in [2.05, 4.69) is 9.88 Å². The first-order valence-corrected chi connectivity index (χ1v) is 7.68. The van der Waals surface area contributed by atoms with Crippen molar-refractivity contribution in [3.63, 3.8) is 0 Å². The van der Waals surface area contributed by atoms with Crippen LogP contribution in [0.15, 0.2) is 33.7 Å². The van der Waals surface area contributed by atoms with Crippen LogP contribution in [0.1, 0.15) is 19.6 Å². The van der Waals surface area contributed by atoms with Gasteiger partial charge in [-0.15, -0.1) is 0 Å². The zero-order valence-electron chi connectivity index (χ0n) is 11.8.